The van der Waals surface area contributed by atoms with Crippen molar-refractivity contribution in [1.29, 1.82) is 0 Å². The lowest BCUT2D eigenvalue weighted by molar-refractivity contribution is 0.458. The van der Waals surface area contributed by atoms with Crippen LogP contribution in [0.3, 0.4) is 0 Å². The van der Waals surface area contributed by atoms with Crippen molar-refractivity contribution in [1.82, 2.24) is 5.32 Å². The molecule has 1 aromatic heterocycles. The number of hydrogen-bond donors (Lipinski definition) is 1. The molecule has 3 heteroatoms. The molecule has 2 heterocycles. The highest BCUT2D eigenvalue weighted by Gasteiger charge is 2.25. The standard InChI is InChI=1S/C11H17NS2/c1-8(11-4-3-6-14-11)12-10-5-7-13-9(10)2/h3-4,6,8-10,12H,5,7H2,1-2H3. The second-order valence-corrected chi connectivity index (χ2v) is 6.34. The molecule has 2 rings (SSSR count). The largest absolute Gasteiger partial charge is 0.306 e. The van der Waals surface area contributed by atoms with Crippen LogP contribution < -0.4 is 5.32 Å². The van der Waals surface area contributed by atoms with Crippen LogP contribution in [0.4, 0.5) is 0 Å². The molecule has 1 nitrogen and oxygen atoms in total. The van der Waals surface area contributed by atoms with Crippen molar-refractivity contribution in [3.63, 3.8) is 0 Å². The van der Waals surface area contributed by atoms with Crippen LogP contribution in [0, 0.1) is 0 Å². The van der Waals surface area contributed by atoms with Crippen molar-refractivity contribution in [3.05, 3.63) is 22.4 Å². The SMILES string of the molecule is CC(NC1CCSC1C)c1cccs1. The molecule has 0 amide bonds. The smallest absolute Gasteiger partial charge is 0.0388 e. The van der Waals surface area contributed by atoms with E-state index >= 15 is 0 Å². The van der Waals surface area contributed by atoms with E-state index in [4.69, 9.17) is 0 Å². The van der Waals surface area contributed by atoms with Gasteiger partial charge in [0.15, 0.2) is 0 Å². The number of nitrogens with one attached hydrogen (secondary N) is 1. The maximum absolute atomic E-state index is 3.72. The molecular formula is C11H17NS2. The average molecular weight is 227 g/mol. The third kappa shape index (κ3) is 2.33. The fourth-order valence-electron chi connectivity index (χ4n) is 1.89. The first-order valence-corrected chi connectivity index (χ1v) is 7.11. The van der Waals surface area contributed by atoms with Gasteiger partial charge < -0.3 is 5.32 Å². The summed E-state index contributed by atoms with van der Waals surface area (Å²) in [4.78, 5) is 1.45. The van der Waals surface area contributed by atoms with Crippen molar-refractivity contribution in [2.45, 2.75) is 37.6 Å². The van der Waals surface area contributed by atoms with Gasteiger partial charge in [-0.25, -0.2) is 0 Å². The highest BCUT2D eigenvalue weighted by atomic mass is 32.2. The number of rotatable bonds is 3. The van der Waals surface area contributed by atoms with E-state index in [-0.39, 0.29) is 0 Å². The minimum Gasteiger partial charge on any atom is -0.306 e. The summed E-state index contributed by atoms with van der Waals surface area (Å²) >= 11 is 3.93. The van der Waals surface area contributed by atoms with Crippen LogP contribution in [0.1, 0.15) is 31.2 Å². The first-order chi connectivity index (χ1) is 6.77. The lowest BCUT2D eigenvalue weighted by Gasteiger charge is -2.21. The number of hydrogen-bond acceptors (Lipinski definition) is 3. The third-order valence-corrected chi connectivity index (χ3v) is 5.19. The molecule has 0 aliphatic carbocycles. The molecule has 3 unspecified atom stereocenters. The molecule has 1 N–H and O–H groups in total. The molecule has 0 aromatic carbocycles. The molecule has 1 aliphatic rings. The first-order valence-electron chi connectivity index (χ1n) is 5.18. The van der Waals surface area contributed by atoms with Crippen molar-refractivity contribution in [2.75, 3.05) is 5.75 Å². The van der Waals surface area contributed by atoms with Crippen LogP contribution in [0.25, 0.3) is 0 Å². The molecule has 1 aromatic rings. The van der Waals surface area contributed by atoms with Crippen molar-refractivity contribution in [3.8, 4) is 0 Å². The molecule has 0 radical (unpaired) electrons. The summed E-state index contributed by atoms with van der Waals surface area (Å²) in [7, 11) is 0. The zero-order valence-corrected chi connectivity index (χ0v) is 10.3. The van der Waals surface area contributed by atoms with Crippen LogP contribution >= 0.6 is 23.1 Å². The molecule has 1 aliphatic heterocycles. The lowest BCUT2D eigenvalue weighted by atomic mass is 10.1. The summed E-state index contributed by atoms with van der Waals surface area (Å²) in [6, 6.07) is 5.57. The monoisotopic (exact) mass is 227 g/mol. The van der Waals surface area contributed by atoms with Crippen molar-refractivity contribution < 1.29 is 0 Å². The average Bonchev–Trinajstić information content (AvgIpc) is 2.77. The topological polar surface area (TPSA) is 12.0 Å². The lowest BCUT2D eigenvalue weighted by Crippen LogP contribution is -2.35. The summed E-state index contributed by atoms with van der Waals surface area (Å²) in [5.41, 5.74) is 0. The molecule has 0 spiro atoms. The predicted octanol–water partition coefficient (Wildman–Crippen LogP) is 3.29. The number of thioether (sulfide) groups is 1. The maximum atomic E-state index is 3.72. The fraction of sp³-hybridized carbons (Fsp3) is 0.636. The highest BCUT2D eigenvalue weighted by molar-refractivity contribution is 8.00. The van der Waals surface area contributed by atoms with Gasteiger partial charge in [-0.3, -0.25) is 0 Å². The van der Waals surface area contributed by atoms with Crippen molar-refractivity contribution >= 4 is 23.1 Å². The van der Waals surface area contributed by atoms with E-state index in [1.807, 2.05) is 11.3 Å². The Labute approximate surface area is 94.3 Å². The first kappa shape index (κ1) is 10.5. The molecule has 3 atom stereocenters. The summed E-state index contributed by atoms with van der Waals surface area (Å²) < 4.78 is 0. The van der Waals surface area contributed by atoms with E-state index in [0.29, 0.717) is 12.1 Å². The molecule has 78 valence electrons. The minimum atomic E-state index is 0.515. The van der Waals surface area contributed by atoms with Gasteiger partial charge in [0.25, 0.3) is 0 Å². The van der Waals surface area contributed by atoms with E-state index in [9.17, 15) is 0 Å². The van der Waals surface area contributed by atoms with E-state index in [2.05, 4.69) is 48.4 Å². The Morgan fingerprint density at radius 3 is 3.00 bits per heavy atom. The van der Waals surface area contributed by atoms with Gasteiger partial charge in [0.05, 0.1) is 0 Å². The Morgan fingerprint density at radius 1 is 1.57 bits per heavy atom. The quantitative estimate of drug-likeness (QED) is 0.850. The van der Waals surface area contributed by atoms with Gasteiger partial charge in [0.1, 0.15) is 0 Å². The predicted molar refractivity (Wildman–Crippen MR) is 66.2 cm³/mol. The van der Waals surface area contributed by atoms with Crippen LogP contribution in [0.15, 0.2) is 17.5 Å². The highest BCUT2D eigenvalue weighted by Crippen LogP contribution is 2.29. The molecule has 14 heavy (non-hydrogen) atoms. The van der Waals surface area contributed by atoms with Gasteiger partial charge in [0.2, 0.25) is 0 Å². The second-order valence-electron chi connectivity index (χ2n) is 3.87. The Kier molecular flexibility index (Phi) is 3.52. The van der Waals surface area contributed by atoms with E-state index < -0.39 is 0 Å². The molecular weight excluding hydrogens is 210 g/mol. The van der Waals surface area contributed by atoms with Gasteiger partial charge >= 0.3 is 0 Å². The zero-order valence-electron chi connectivity index (χ0n) is 8.69. The summed E-state index contributed by atoms with van der Waals surface area (Å²) in [6.07, 6.45) is 1.32. The summed E-state index contributed by atoms with van der Waals surface area (Å²) in [5.74, 6) is 1.32. The normalized spacial score (nSPS) is 29.3. The maximum Gasteiger partial charge on any atom is 0.0388 e. The van der Waals surface area contributed by atoms with Crippen LogP contribution in [0.5, 0.6) is 0 Å². The van der Waals surface area contributed by atoms with Gasteiger partial charge in [-0.1, -0.05) is 13.0 Å². The Bertz CT molecular complexity index is 271. The zero-order chi connectivity index (χ0) is 9.97. The summed E-state index contributed by atoms with van der Waals surface area (Å²) in [6.45, 7) is 4.60. The summed E-state index contributed by atoms with van der Waals surface area (Å²) in [5, 5.41) is 6.65. The Balaban J connectivity index is 1.91. The van der Waals surface area contributed by atoms with Gasteiger partial charge in [-0.15, -0.1) is 11.3 Å². The second kappa shape index (κ2) is 4.69. The van der Waals surface area contributed by atoms with E-state index in [1.54, 1.807) is 0 Å². The van der Waals surface area contributed by atoms with Gasteiger partial charge in [-0.2, -0.15) is 11.8 Å². The molecule has 1 fully saturated rings. The molecule has 1 saturated heterocycles. The number of thiophene rings is 1. The van der Waals surface area contributed by atoms with Crippen LogP contribution in [-0.2, 0) is 0 Å². The van der Waals surface area contributed by atoms with E-state index in [0.717, 1.165) is 5.25 Å². The molecule has 0 saturated carbocycles. The van der Waals surface area contributed by atoms with Crippen LogP contribution in [0.2, 0.25) is 0 Å². The Morgan fingerprint density at radius 2 is 2.43 bits per heavy atom. The van der Waals surface area contributed by atoms with Crippen LogP contribution in [-0.4, -0.2) is 17.0 Å². The van der Waals surface area contributed by atoms with Gasteiger partial charge in [0, 0.05) is 22.2 Å². The van der Waals surface area contributed by atoms with Gasteiger partial charge in [-0.05, 0) is 30.5 Å². The third-order valence-electron chi connectivity index (χ3n) is 2.81. The minimum absolute atomic E-state index is 0.515. The molecule has 0 bridgehead atoms. The Hall–Kier alpha value is 0.01000. The fourth-order valence-corrected chi connectivity index (χ4v) is 3.84. The van der Waals surface area contributed by atoms with Crippen molar-refractivity contribution in [2.24, 2.45) is 0 Å². The van der Waals surface area contributed by atoms with E-state index in [1.165, 1.54) is 17.1 Å².